The third kappa shape index (κ3) is 3.77. The SMILES string of the molecule is O=C(Nc1ccc(N=C=S)cc1Cl)c1cc(Cl)cc(Cl)c1O. The minimum absolute atomic E-state index is 0.0191. The molecule has 0 unspecified atom stereocenters. The molecule has 0 spiro atoms. The zero-order valence-electron chi connectivity index (χ0n) is 10.7. The standard InChI is InChI=1S/C14H7Cl3N2O2S/c15-7-3-9(13(20)11(17)4-7)14(21)19-12-2-1-8(18-6-22)5-10(12)16/h1-5,20H,(H,19,21). The number of phenolic OH excluding ortho intramolecular Hbond substituents is 1. The van der Waals surface area contributed by atoms with Crippen molar-refractivity contribution in [1.29, 1.82) is 0 Å². The van der Waals surface area contributed by atoms with Crippen LogP contribution in [0, 0.1) is 0 Å². The fraction of sp³-hybridized carbons (Fsp3) is 0. The molecule has 112 valence electrons. The average molecular weight is 374 g/mol. The first-order valence-corrected chi connectivity index (χ1v) is 7.33. The Morgan fingerprint density at radius 3 is 2.55 bits per heavy atom. The summed E-state index contributed by atoms with van der Waals surface area (Å²) in [6, 6.07) is 7.30. The van der Waals surface area contributed by atoms with Crippen molar-refractivity contribution in [3.8, 4) is 5.75 Å². The fourth-order valence-electron chi connectivity index (χ4n) is 1.66. The van der Waals surface area contributed by atoms with Crippen molar-refractivity contribution < 1.29 is 9.90 Å². The number of nitrogens with one attached hydrogen (secondary N) is 1. The molecule has 1 amide bonds. The van der Waals surface area contributed by atoms with Crippen LogP contribution in [0.25, 0.3) is 0 Å². The number of isothiocyanates is 1. The smallest absolute Gasteiger partial charge is 0.259 e. The van der Waals surface area contributed by atoms with E-state index >= 15 is 0 Å². The average Bonchev–Trinajstić information content (AvgIpc) is 2.46. The summed E-state index contributed by atoms with van der Waals surface area (Å²) in [7, 11) is 0. The van der Waals surface area contributed by atoms with Gasteiger partial charge in [0.05, 0.1) is 32.1 Å². The quantitative estimate of drug-likeness (QED) is 0.564. The van der Waals surface area contributed by atoms with E-state index in [4.69, 9.17) is 34.8 Å². The molecule has 0 radical (unpaired) electrons. The van der Waals surface area contributed by atoms with E-state index < -0.39 is 5.91 Å². The zero-order valence-corrected chi connectivity index (χ0v) is 13.8. The van der Waals surface area contributed by atoms with Gasteiger partial charge in [0.25, 0.3) is 5.91 Å². The maximum atomic E-state index is 12.2. The lowest BCUT2D eigenvalue weighted by molar-refractivity contribution is 0.102. The molecule has 0 aliphatic carbocycles. The number of thiocarbonyl (C=S) groups is 1. The number of aromatic hydroxyl groups is 1. The second-order valence-electron chi connectivity index (χ2n) is 4.11. The number of carbonyl (C=O) groups is 1. The molecule has 4 nitrogen and oxygen atoms in total. The number of anilines is 1. The number of halogens is 3. The minimum Gasteiger partial charge on any atom is -0.506 e. The van der Waals surface area contributed by atoms with E-state index in [0.717, 1.165) is 0 Å². The Kier molecular flexibility index (Phi) is 5.40. The van der Waals surface area contributed by atoms with E-state index in [1.54, 1.807) is 12.1 Å². The van der Waals surface area contributed by atoms with E-state index in [1.807, 2.05) is 0 Å². The maximum absolute atomic E-state index is 12.2. The molecule has 0 aliphatic rings. The molecular formula is C14H7Cl3N2O2S. The van der Waals surface area contributed by atoms with Crippen LogP contribution in [0.2, 0.25) is 15.1 Å². The van der Waals surface area contributed by atoms with Crippen LogP contribution in [0.3, 0.4) is 0 Å². The topological polar surface area (TPSA) is 61.7 Å². The van der Waals surface area contributed by atoms with Crippen molar-refractivity contribution >= 4 is 69.5 Å². The van der Waals surface area contributed by atoms with E-state index in [-0.39, 0.29) is 26.4 Å². The van der Waals surface area contributed by atoms with Crippen molar-refractivity contribution in [1.82, 2.24) is 0 Å². The Balaban J connectivity index is 2.31. The highest BCUT2D eigenvalue weighted by atomic mass is 35.5. The van der Waals surface area contributed by atoms with Gasteiger partial charge in [0.1, 0.15) is 5.75 Å². The van der Waals surface area contributed by atoms with Gasteiger partial charge in [0, 0.05) is 5.02 Å². The molecular weight excluding hydrogens is 367 g/mol. The number of benzene rings is 2. The molecule has 2 rings (SSSR count). The summed E-state index contributed by atoms with van der Waals surface area (Å²) in [6.07, 6.45) is 0. The van der Waals surface area contributed by atoms with Crippen LogP contribution in [-0.4, -0.2) is 16.2 Å². The molecule has 0 heterocycles. The van der Waals surface area contributed by atoms with Gasteiger partial charge in [-0.25, -0.2) is 0 Å². The number of nitrogens with zero attached hydrogens (tertiary/aromatic N) is 1. The lowest BCUT2D eigenvalue weighted by atomic mass is 10.1. The summed E-state index contributed by atoms with van der Waals surface area (Å²) in [6.45, 7) is 0. The molecule has 22 heavy (non-hydrogen) atoms. The molecule has 0 aliphatic heterocycles. The van der Waals surface area contributed by atoms with Crippen LogP contribution in [0.15, 0.2) is 35.3 Å². The molecule has 2 aromatic carbocycles. The Morgan fingerprint density at radius 1 is 1.18 bits per heavy atom. The van der Waals surface area contributed by atoms with Crippen molar-refractivity contribution in [3.05, 3.63) is 51.0 Å². The number of carbonyl (C=O) groups excluding carboxylic acids is 1. The van der Waals surface area contributed by atoms with Crippen LogP contribution in [0.1, 0.15) is 10.4 Å². The van der Waals surface area contributed by atoms with Crippen molar-refractivity contribution in [2.75, 3.05) is 5.32 Å². The third-order valence-electron chi connectivity index (χ3n) is 2.65. The van der Waals surface area contributed by atoms with E-state index in [9.17, 15) is 9.90 Å². The Morgan fingerprint density at radius 2 is 1.91 bits per heavy atom. The predicted octanol–water partition coefficient (Wildman–Crippen LogP) is 5.34. The molecule has 0 aromatic heterocycles. The summed E-state index contributed by atoms with van der Waals surface area (Å²) in [5.41, 5.74) is 0.784. The minimum atomic E-state index is -0.602. The van der Waals surface area contributed by atoms with Gasteiger partial charge in [0.15, 0.2) is 0 Å². The molecule has 0 atom stereocenters. The van der Waals surface area contributed by atoms with Crippen LogP contribution in [0.4, 0.5) is 11.4 Å². The highest BCUT2D eigenvalue weighted by Crippen LogP contribution is 2.33. The van der Waals surface area contributed by atoms with Gasteiger partial charge >= 0.3 is 0 Å². The molecule has 0 saturated heterocycles. The van der Waals surface area contributed by atoms with Crippen molar-refractivity contribution in [2.24, 2.45) is 4.99 Å². The third-order valence-corrected chi connectivity index (χ3v) is 3.56. The lowest BCUT2D eigenvalue weighted by Crippen LogP contribution is -2.12. The first kappa shape index (κ1) is 16.7. The molecule has 8 heteroatoms. The summed E-state index contributed by atoms with van der Waals surface area (Å²) in [4.78, 5) is 16.0. The second kappa shape index (κ2) is 7.09. The van der Waals surface area contributed by atoms with Gasteiger partial charge in [-0.1, -0.05) is 34.8 Å². The number of hydrogen-bond donors (Lipinski definition) is 2. The maximum Gasteiger partial charge on any atom is 0.259 e. The highest BCUT2D eigenvalue weighted by Gasteiger charge is 2.16. The molecule has 2 N–H and O–H groups in total. The summed E-state index contributed by atoms with van der Waals surface area (Å²) in [5.74, 6) is -0.962. The summed E-state index contributed by atoms with van der Waals surface area (Å²) in [5, 5.41) is 15.1. The van der Waals surface area contributed by atoms with Crippen molar-refractivity contribution in [3.63, 3.8) is 0 Å². The number of phenols is 1. The van der Waals surface area contributed by atoms with Gasteiger partial charge in [-0.3, -0.25) is 4.79 Å². The van der Waals surface area contributed by atoms with E-state index in [1.165, 1.54) is 18.2 Å². The van der Waals surface area contributed by atoms with Gasteiger partial charge < -0.3 is 10.4 Å². The predicted molar refractivity (Wildman–Crippen MR) is 92.2 cm³/mol. The monoisotopic (exact) mass is 372 g/mol. The molecule has 2 aromatic rings. The Hall–Kier alpha value is -1.62. The van der Waals surface area contributed by atoms with Crippen LogP contribution in [-0.2, 0) is 0 Å². The van der Waals surface area contributed by atoms with Gasteiger partial charge in [-0.15, -0.1) is 0 Å². The van der Waals surface area contributed by atoms with Crippen LogP contribution in [0.5, 0.6) is 5.75 Å². The molecule has 0 saturated carbocycles. The normalized spacial score (nSPS) is 9.95. The van der Waals surface area contributed by atoms with Crippen LogP contribution >= 0.6 is 47.0 Å². The zero-order chi connectivity index (χ0) is 16.3. The Bertz CT molecular complexity index is 805. The van der Waals surface area contributed by atoms with Gasteiger partial charge in [0.2, 0.25) is 0 Å². The molecule has 0 bridgehead atoms. The largest absolute Gasteiger partial charge is 0.506 e. The Labute approximate surface area is 146 Å². The second-order valence-corrected chi connectivity index (χ2v) is 5.54. The number of amides is 1. The fourth-order valence-corrected chi connectivity index (χ4v) is 2.48. The summed E-state index contributed by atoms with van der Waals surface area (Å²) < 4.78 is 0. The summed E-state index contributed by atoms with van der Waals surface area (Å²) >= 11 is 22.2. The first-order valence-electron chi connectivity index (χ1n) is 5.79. The lowest BCUT2D eigenvalue weighted by Gasteiger charge is -2.10. The number of aliphatic imine (C=N–C) groups is 1. The highest BCUT2D eigenvalue weighted by molar-refractivity contribution is 7.78. The number of hydrogen-bond acceptors (Lipinski definition) is 4. The molecule has 0 fully saturated rings. The van der Waals surface area contributed by atoms with Crippen molar-refractivity contribution in [2.45, 2.75) is 0 Å². The van der Waals surface area contributed by atoms with Crippen LogP contribution < -0.4 is 5.32 Å². The van der Waals surface area contributed by atoms with Gasteiger partial charge in [-0.2, -0.15) is 4.99 Å². The van der Waals surface area contributed by atoms with Gasteiger partial charge in [-0.05, 0) is 42.5 Å². The first-order chi connectivity index (χ1) is 10.4. The van der Waals surface area contributed by atoms with E-state index in [2.05, 4.69) is 27.7 Å². The van der Waals surface area contributed by atoms with E-state index in [0.29, 0.717) is 11.4 Å². The number of rotatable bonds is 3.